The van der Waals surface area contributed by atoms with E-state index >= 15 is 0 Å². The van der Waals surface area contributed by atoms with Crippen LogP contribution in [0.15, 0.2) is 62.6 Å². The molecule has 3 aromatic rings. The number of nitrogens with one attached hydrogen (secondary N) is 1. The molecule has 26 heavy (non-hydrogen) atoms. The molecule has 7 nitrogen and oxygen atoms in total. The largest absolute Gasteiger partial charge is 0.355 e. The Morgan fingerprint density at radius 3 is 2.73 bits per heavy atom. The lowest BCUT2D eigenvalue weighted by molar-refractivity contribution is 0.601. The van der Waals surface area contributed by atoms with Crippen molar-refractivity contribution in [2.24, 2.45) is 15.2 Å². The topological polar surface area (TPSA) is 111 Å². The number of benzene rings is 2. The molecule has 0 radical (unpaired) electrons. The summed E-state index contributed by atoms with van der Waals surface area (Å²) in [6.07, 6.45) is 1.16. The molecule has 0 saturated carbocycles. The first-order chi connectivity index (χ1) is 12.5. The van der Waals surface area contributed by atoms with Crippen molar-refractivity contribution in [3.05, 3.63) is 53.6 Å². The Hall–Kier alpha value is -3.31. The predicted molar refractivity (Wildman–Crippen MR) is 97.8 cm³/mol. The molecule has 2 aromatic carbocycles. The van der Waals surface area contributed by atoms with Gasteiger partial charge < -0.3 is 4.98 Å². The van der Waals surface area contributed by atoms with Crippen LogP contribution in [0.25, 0.3) is 22.2 Å². The quantitative estimate of drug-likeness (QED) is 0.770. The zero-order valence-corrected chi connectivity index (χ0v) is 14.6. The van der Waals surface area contributed by atoms with Crippen LogP contribution in [-0.2, 0) is 9.84 Å². The second-order valence-electron chi connectivity index (χ2n) is 5.91. The molecule has 4 rings (SSSR count). The number of nitriles is 1. The third kappa shape index (κ3) is 2.68. The van der Waals surface area contributed by atoms with Crippen molar-refractivity contribution in [2.45, 2.75) is 4.90 Å². The summed E-state index contributed by atoms with van der Waals surface area (Å²) in [7, 11) is -3.48. The van der Waals surface area contributed by atoms with Gasteiger partial charge in [-0.15, -0.1) is 5.11 Å². The van der Waals surface area contributed by atoms with Crippen LogP contribution in [-0.4, -0.2) is 32.2 Å². The Kier molecular flexibility index (Phi) is 3.67. The summed E-state index contributed by atoms with van der Waals surface area (Å²) in [4.78, 5) is 7.64. The van der Waals surface area contributed by atoms with Crippen LogP contribution < -0.4 is 0 Å². The first-order valence-corrected chi connectivity index (χ1v) is 9.65. The molecule has 0 amide bonds. The van der Waals surface area contributed by atoms with E-state index in [2.05, 4.69) is 26.3 Å². The fourth-order valence-electron chi connectivity index (χ4n) is 3.00. The van der Waals surface area contributed by atoms with E-state index < -0.39 is 9.84 Å². The van der Waals surface area contributed by atoms with E-state index in [-0.39, 0.29) is 11.6 Å². The van der Waals surface area contributed by atoms with Crippen LogP contribution in [0.1, 0.15) is 11.1 Å². The Labute approximate surface area is 149 Å². The lowest BCUT2D eigenvalue weighted by Gasteiger charge is -2.11. The molecule has 1 N–H and O–H groups in total. The molecule has 0 fully saturated rings. The molecule has 1 aromatic heterocycles. The summed E-state index contributed by atoms with van der Waals surface area (Å²) < 4.78 is 24.6. The van der Waals surface area contributed by atoms with Gasteiger partial charge in [0, 0.05) is 34.0 Å². The standard InChI is InChI=1S/C18H13N5O2S/c1-26(24,25)16-4-2-3-13(17(16)18-20-10-21-23-18)15-8-12-7-11(9-19)5-6-14(12)22-15/h2-8,22H,10H2,1H3. The van der Waals surface area contributed by atoms with Gasteiger partial charge in [0.25, 0.3) is 0 Å². The number of fused-ring (bicyclic) bond motifs is 1. The third-order valence-corrected chi connectivity index (χ3v) is 5.28. The molecule has 0 spiro atoms. The predicted octanol–water partition coefficient (Wildman–Crippen LogP) is 3.28. The Morgan fingerprint density at radius 1 is 1.19 bits per heavy atom. The van der Waals surface area contributed by atoms with Gasteiger partial charge in [-0.25, -0.2) is 13.4 Å². The Balaban J connectivity index is 2.00. The number of hydrogen-bond donors (Lipinski definition) is 1. The second kappa shape index (κ2) is 5.89. The van der Waals surface area contributed by atoms with Crippen molar-refractivity contribution < 1.29 is 8.42 Å². The number of rotatable bonds is 3. The summed E-state index contributed by atoms with van der Waals surface area (Å²) in [5, 5.41) is 17.8. The van der Waals surface area contributed by atoms with Crippen LogP contribution in [0.2, 0.25) is 0 Å². The molecule has 1 aliphatic rings. The maximum Gasteiger partial charge on any atom is 0.180 e. The highest BCUT2D eigenvalue weighted by atomic mass is 32.2. The first-order valence-electron chi connectivity index (χ1n) is 7.76. The van der Waals surface area contributed by atoms with Gasteiger partial charge >= 0.3 is 0 Å². The van der Waals surface area contributed by atoms with E-state index in [1.807, 2.05) is 18.2 Å². The number of azo groups is 1. The number of nitrogens with zero attached hydrogens (tertiary/aromatic N) is 4. The molecular formula is C18H13N5O2S. The van der Waals surface area contributed by atoms with Gasteiger partial charge in [0.1, 0.15) is 0 Å². The highest BCUT2D eigenvalue weighted by Gasteiger charge is 2.23. The Morgan fingerprint density at radius 2 is 2.04 bits per heavy atom. The van der Waals surface area contributed by atoms with Gasteiger partial charge in [-0.1, -0.05) is 12.1 Å². The SMILES string of the molecule is CS(=O)(=O)c1cccc(-c2cc3cc(C#N)ccc3[nH]2)c1C1=NCN=N1. The fraction of sp³-hybridized carbons (Fsp3) is 0.111. The maximum atomic E-state index is 12.3. The second-order valence-corrected chi connectivity index (χ2v) is 7.90. The molecule has 0 saturated heterocycles. The molecule has 0 atom stereocenters. The molecule has 0 bridgehead atoms. The minimum absolute atomic E-state index is 0.158. The summed E-state index contributed by atoms with van der Waals surface area (Å²) in [6.45, 7) is 0.186. The van der Waals surface area contributed by atoms with Crippen LogP contribution in [0.4, 0.5) is 0 Å². The van der Waals surface area contributed by atoms with Gasteiger partial charge in [-0.2, -0.15) is 10.4 Å². The number of aromatic amines is 1. The number of H-pyrrole nitrogens is 1. The van der Waals surface area contributed by atoms with Crippen molar-refractivity contribution in [2.75, 3.05) is 12.9 Å². The number of aliphatic imine (C=N–C) groups is 1. The van der Waals surface area contributed by atoms with E-state index in [0.29, 0.717) is 22.5 Å². The van der Waals surface area contributed by atoms with E-state index in [9.17, 15) is 8.42 Å². The average Bonchev–Trinajstić information content (AvgIpc) is 3.29. The van der Waals surface area contributed by atoms with E-state index in [4.69, 9.17) is 5.26 Å². The highest BCUT2D eigenvalue weighted by Crippen LogP contribution is 2.32. The zero-order valence-electron chi connectivity index (χ0n) is 13.8. The molecule has 1 aliphatic heterocycles. The van der Waals surface area contributed by atoms with Gasteiger partial charge in [0.2, 0.25) is 0 Å². The van der Waals surface area contributed by atoms with Crippen molar-refractivity contribution in [3.8, 4) is 17.3 Å². The van der Waals surface area contributed by atoms with Gasteiger partial charge in [-0.3, -0.25) is 0 Å². The number of amidine groups is 1. The first kappa shape index (κ1) is 16.2. The summed E-state index contributed by atoms with van der Waals surface area (Å²) in [6, 6.07) is 14.4. The van der Waals surface area contributed by atoms with Crippen molar-refractivity contribution in [1.82, 2.24) is 4.98 Å². The van der Waals surface area contributed by atoms with E-state index in [0.717, 1.165) is 22.9 Å². The van der Waals surface area contributed by atoms with Gasteiger partial charge in [0.05, 0.1) is 16.5 Å². The lowest BCUT2D eigenvalue weighted by Crippen LogP contribution is -2.08. The van der Waals surface area contributed by atoms with Crippen LogP contribution in [0.5, 0.6) is 0 Å². The van der Waals surface area contributed by atoms with Crippen molar-refractivity contribution in [3.63, 3.8) is 0 Å². The molecule has 128 valence electrons. The van der Waals surface area contributed by atoms with Crippen molar-refractivity contribution >= 4 is 26.6 Å². The fourth-order valence-corrected chi connectivity index (χ4v) is 3.90. The summed E-state index contributed by atoms with van der Waals surface area (Å²) in [5.41, 5.74) is 3.23. The molecule has 2 heterocycles. The third-order valence-electron chi connectivity index (χ3n) is 4.14. The average molecular weight is 363 g/mol. The van der Waals surface area contributed by atoms with Crippen LogP contribution in [0, 0.1) is 11.3 Å². The lowest BCUT2D eigenvalue weighted by atomic mass is 10.0. The van der Waals surface area contributed by atoms with E-state index in [1.54, 1.807) is 24.3 Å². The van der Waals surface area contributed by atoms with Crippen LogP contribution >= 0.6 is 0 Å². The maximum absolute atomic E-state index is 12.3. The number of hydrogen-bond acceptors (Lipinski definition) is 6. The summed E-state index contributed by atoms with van der Waals surface area (Å²) in [5.74, 6) is 0.303. The Bertz CT molecular complexity index is 1250. The van der Waals surface area contributed by atoms with Crippen LogP contribution in [0.3, 0.4) is 0 Å². The minimum Gasteiger partial charge on any atom is -0.355 e. The van der Waals surface area contributed by atoms with E-state index in [1.165, 1.54) is 0 Å². The molecule has 0 unspecified atom stereocenters. The number of sulfone groups is 1. The number of aromatic nitrogens is 1. The van der Waals surface area contributed by atoms with Gasteiger partial charge in [-0.05, 0) is 30.3 Å². The summed E-state index contributed by atoms with van der Waals surface area (Å²) >= 11 is 0. The monoisotopic (exact) mass is 363 g/mol. The zero-order chi connectivity index (χ0) is 18.3. The van der Waals surface area contributed by atoms with Gasteiger partial charge in [0.15, 0.2) is 22.3 Å². The molecule has 0 aliphatic carbocycles. The molecule has 8 heteroatoms. The molecular weight excluding hydrogens is 350 g/mol. The highest BCUT2D eigenvalue weighted by molar-refractivity contribution is 7.90. The normalized spacial score (nSPS) is 13.8. The van der Waals surface area contributed by atoms with Crippen molar-refractivity contribution in [1.29, 1.82) is 5.26 Å². The smallest absolute Gasteiger partial charge is 0.180 e. The minimum atomic E-state index is -3.48.